The summed E-state index contributed by atoms with van der Waals surface area (Å²) in [7, 11) is -3.90. The zero-order valence-electron chi connectivity index (χ0n) is 14.8. The Morgan fingerprint density at radius 2 is 2.07 bits per heavy atom. The van der Waals surface area contributed by atoms with Crippen molar-refractivity contribution in [3.63, 3.8) is 0 Å². The smallest absolute Gasteiger partial charge is 0.270 e. The van der Waals surface area contributed by atoms with Gasteiger partial charge in [0.2, 0.25) is 10.0 Å². The van der Waals surface area contributed by atoms with E-state index in [0.717, 1.165) is 25.3 Å². The largest absolute Gasteiger partial charge is 0.379 e. The topological polar surface area (TPSA) is 114 Å². The SMILES string of the molecule is O=[N+]([O-])c1ccc(N/N=C\[C@@H]2CC=CCC2)c(S(=O)(=O)N2CCOCC2)c1. The summed E-state index contributed by atoms with van der Waals surface area (Å²) in [6.45, 7) is 1.01. The fourth-order valence-corrected chi connectivity index (χ4v) is 4.59. The number of nitro groups is 1. The molecule has 0 spiro atoms. The molecule has 0 radical (unpaired) electrons. The summed E-state index contributed by atoms with van der Waals surface area (Å²) in [5.41, 5.74) is 2.69. The molecule has 0 unspecified atom stereocenters. The summed E-state index contributed by atoms with van der Waals surface area (Å²) < 4.78 is 32.5. The minimum atomic E-state index is -3.90. The number of anilines is 1. The van der Waals surface area contributed by atoms with E-state index in [2.05, 4.69) is 22.7 Å². The Morgan fingerprint density at radius 1 is 1.30 bits per heavy atom. The number of ether oxygens (including phenoxy) is 1. The predicted molar refractivity (Wildman–Crippen MR) is 101 cm³/mol. The number of nitrogens with zero attached hydrogens (tertiary/aromatic N) is 3. The van der Waals surface area contributed by atoms with Gasteiger partial charge >= 0.3 is 0 Å². The maximum absolute atomic E-state index is 13.0. The molecular weight excluding hydrogens is 372 g/mol. The molecule has 1 aliphatic heterocycles. The molecular formula is C17H22N4O5S. The number of rotatable bonds is 6. The van der Waals surface area contributed by atoms with Crippen molar-refractivity contribution in [3.05, 3.63) is 40.5 Å². The number of morpholine rings is 1. The highest BCUT2D eigenvalue weighted by atomic mass is 32.2. The van der Waals surface area contributed by atoms with E-state index < -0.39 is 14.9 Å². The van der Waals surface area contributed by atoms with E-state index in [1.165, 1.54) is 16.4 Å². The molecule has 1 fully saturated rings. The number of non-ortho nitro benzene ring substituents is 1. The molecule has 27 heavy (non-hydrogen) atoms. The highest BCUT2D eigenvalue weighted by Gasteiger charge is 2.30. The average Bonchev–Trinajstić information content (AvgIpc) is 2.69. The Balaban J connectivity index is 1.87. The third kappa shape index (κ3) is 4.71. The van der Waals surface area contributed by atoms with Gasteiger partial charge < -0.3 is 4.74 Å². The lowest BCUT2D eigenvalue weighted by molar-refractivity contribution is -0.385. The van der Waals surface area contributed by atoms with E-state index >= 15 is 0 Å². The van der Waals surface area contributed by atoms with Gasteiger partial charge in [-0.05, 0) is 31.2 Å². The number of hydrogen-bond acceptors (Lipinski definition) is 7. The molecule has 1 atom stereocenters. The highest BCUT2D eigenvalue weighted by molar-refractivity contribution is 7.89. The van der Waals surface area contributed by atoms with Crippen LogP contribution in [0.25, 0.3) is 0 Å². The van der Waals surface area contributed by atoms with Crippen LogP contribution in [0.2, 0.25) is 0 Å². The summed E-state index contributed by atoms with van der Waals surface area (Å²) in [5, 5.41) is 15.3. The van der Waals surface area contributed by atoms with E-state index in [4.69, 9.17) is 4.74 Å². The summed E-state index contributed by atoms with van der Waals surface area (Å²) in [4.78, 5) is 10.3. The van der Waals surface area contributed by atoms with E-state index in [-0.39, 0.29) is 29.4 Å². The molecule has 146 valence electrons. The van der Waals surface area contributed by atoms with Crippen LogP contribution in [0.15, 0.2) is 40.3 Å². The van der Waals surface area contributed by atoms with Crippen LogP contribution in [0.1, 0.15) is 19.3 Å². The molecule has 0 saturated carbocycles. The fourth-order valence-electron chi connectivity index (χ4n) is 3.02. The second-order valence-corrected chi connectivity index (χ2v) is 8.29. The van der Waals surface area contributed by atoms with Crippen LogP contribution in [-0.4, -0.2) is 50.2 Å². The lowest BCUT2D eigenvalue weighted by Gasteiger charge is -2.26. The van der Waals surface area contributed by atoms with Gasteiger partial charge in [0.1, 0.15) is 4.90 Å². The van der Waals surface area contributed by atoms with Gasteiger partial charge in [0.05, 0.1) is 23.8 Å². The molecule has 1 N–H and O–H groups in total. The Kier molecular flexibility index (Phi) is 6.19. The van der Waals surface area contributed by atoms with Crippen LogP contribution >= 0.6 is 0 Å². The van der Waals surface area contributed by atoms with Crippen molar-refractivity contribution < 1.29 is 18.1 Å². The molecule has 0 amide bonds. The maximum atomic E-state index is 13.0. The number of allylic oxidation sites excluding steroid dienone is 2. The third-order valence-corrected chi connectivity index (χ3v) is 6.48. The van der Waals surface area contributed by atoms with Gasteiger partial charge in [0.25, 0.3) is 5.69 Å². The van der Waals surface area contributed by atoms with E-state index in [0.29, 0.717) is 19.1 Å². The van der Waals surface area contributed by atoms with Crippen molar-refractivity contribution in [1.82, 2.24) is 4.31 Å². The van der Waals surface area contributed by atoms with Crippen molar-refractivity contribution in [2.45, 2.75) is 24.2 Å². The molecule has 0 aromatic heterocycles. The average molecular weight is 394 g/mol. The van der Waals surface area contributed by atoms with Crippen LogP contribution in [0.4, 0.5) is 11.4 Å². The molecule has 1 heterocycles. The summed E-state index contributed by atoms with van der Waals surface area (Å²) >= 11 is 0. The number of hydrazone groups is 1. The van der Waals surface area contributed by atoms with Crippen molar-refractivity contribution in [3.8, 4) is 0 Å². The molecule has 1 saturated heterocycles. The number of benzene rings is 1. The van der Waals surface area contributed by atoms with Crippen LogP contribution in [-0.2, 0) is 14.8 Å². The molecule has 1 aliphatic carbocycles. The standard InChI is InChI=1S/C17H22N4O5S/c22-21(23)15-6-7-16(19-18-13-14-4-2-1-3-5-14)17(12-15)27(24,25)20-8-10-26-11-9-20/h1-2,6-7,12-14,19H,3-5,8-11H2/b18-13-/t14-/m1/s1. The fraction of sp³-hybridized carbons (Fsp3) is 0.471. The molecule has 2 aliphatic rings. The quantitative estimate of drug-likeness (QED) is 0.343. The third-order valence-electron chi connectivity index (χ3n) is 4.54. The second kappa shape index (κ2) is 8.59. The molecule has 1 aromatic carbocycles. The normalized spacial score (nSPS) is 21.4. The highest BCUT2D eigenvalue weighted by Crippen LogP contribution is 2.29. The monoisotopic (exact) mass is 394 g/mol. The lowest BCUT2D eigenvalue weighted by Crippen LogP contribution is -2.40. The maximum Gasteiger partial charge on any atom is 0.270 e. The summed E-state index contributed by atoms with van der Waals surface area (Å²) in [6.07, 6.45) is 8.85. The molecule has 0 bridgehead atoms. The van der Waals surface area contributed by atoms with E-state index in [1.54, 1.807) is 6.21 Å². The molecule has 10 heteroatoms. The van der Waals surface area contributed by atoms with Gasteiger partial charge in [-0.1, -0.05) is 12.2 Å². The van der Waals surface area contributed by atoms with Gasteiger partial charge in [0.15, 0.2) is 0 Å². The molecule has 1 aromatic rings. The first-order chi connectivity index (χ1) is 13.0. The van der Waals surface area contributed by atoms with Gasteiger partial charge in [-0.15, -0.1) is 0 Å². The summed E-state index contributed by atoms with van der Waals surface area (Å²) in [6, 6.07) is 3.72. The summed E-state index contributed by atoms with van der Waals surface area (Å²) in [5.74, 6) is 0.292. The second-order valence-electron chi connectivity index (χ2n) is 6.39. The molecule has 3 rings (SSSR count). The zero-order chi connectivity index (χ0) is 19.3. The number of hydrogen-bond donors (Lipinski definition) is 1. The van der Waals surface area contributed by atoms with Gasteiger partial charge in [-0.25, -0.2) is 8.42 Å². The molecule has 9 nitrogen and oxygen atoms in total. The van der Waals surface area contributed by atoms with Gasteiger partial charge in [-0.2, -0.15) is 9.41 Å². The first-order valence-electron chi connectivity index (χ1n) is 8.79. The van der Waals surface area contributed by atoms with Gasteiger partial charge in [0, 0.05) is 31.4 Å². The number of nitrogens with one attached hydrogen (secondary N) is 1. The number of nitro benzene ring substituents is 1. The van der Waals surface area contributed by atoms with Crippen molar-refractivity contribution in [2.75, 3.05) is 31.7 Å². The van der Waals surface area contributed by atoms with Crippen LogP contribution in [0, 0.1) is 16.0 Å². The predicted octanol–water partition coefficient (Wildman–Crippen LogP) is 2.37. The Bertz CT molecular complexity index is 847. The van der Waals surface area contributed by atoms with Crippen molar-refractivity contribution in [2.24, 2.45) is 11.0 Å². The minimum absolute atomic E-state index is 0.153. The minimum Gasteiger partial charge on any atom is -0.379 e. The Hall–Kier alpha value is -2.30. The first-order valence-corrected chi connectivity index (χ1v) is 10.2. The van der Waals surface area contributed by atoms with Crippen molar-refractivity contribution >= 4 is 27.6 Å². The lowest BCUT2D eigenvalue weighted by atomic mass is 9.96. The zero-order valence-corrected chi connectivity index (χ0v) is 15.6. The van der Waals surface area contributed by atoms with Crippen LogP contribution in [0.3, 0.4) is 0 Å². The first kappa shape index (κ1) is 19.5. The van der Waals surface area contributed by atoms with Crippen LogP contribution in [0.5, 0.6) is 0 Å². The Labute approximate surface area is 157 Å². The van der Waals surface area contributed by atoms with E-state index in [1.807, 2.05) is 0 Å². The van der Waals surface area contributed by atoms with Crippen molar-refractivity contribution in [1.29, 1.82) is 0 Å². The Morgan fingerprint density at radius 3 is 2.74 bits per heavy atom. The number of sulfonamides is 1. The van der Waals surface area contributed by atoms with E-state index in [9.17, 15) is 18.5 Å². The van der Waals surface area contributed by atoms with Gasteiger partial charge in [-0.3, -0.25) is 15.5 Å². The van der Waals surface area contributed by atoms with Crippen LogP contribution < -0.4 is 5.43 Å².